The Balaban J connectivity index is 1.49. The van der Waals surface area contributed by atoms with Gasteiger partial charge in [0.15, 0.2) is 0 Å². The van der Waals surface area contributed by atoms with Gasteiger partial charge in [0.2, 0.25) is 11.8 Å². The minimum absolute atomic E-state index is 0.00156. The van der Waals surface area contributed by atoms with Crippen LogP contribution >= 0.6 is 0 Å². The van der Waals surface area contributed by atoms with E-state index in [1.54, 1.807) is 0 Å². The number of hydrogen-bond acceptors (Lipinski definition) is 2. The second-order valence-corrected chi connectivity index (χ2v) is 5.90. The first-order valence-corrected chi connectivity index (χ1v) is 7.68. The Bertz CT molecular complexity index is 510. The molecular weight excluding hydrogens is 266 g/mol. The number of amides is 2. The Morgan fingerprint density at radius 2 is 1.95 bits per heavy atom. The predicted octanol–water partition coefficient (Wildman–Crippen LogP) is -0.808. The van der Waals surface area contributed by atoms with Crippen molar-refractivity contribution in [3.05, 3.63) is 35.9 Å². The van der Waals surface area contributed by atoms with Gasteiger partial charge >= 0.3 is 0 Å². The first-order valence-electron chi connectivity index (χ1n) is 7.68. The van der Waals surface area contributed by atoms with Crippen LogP contribution in [0.3, 0.4) is 0 Å². The van der Waals surface area contributed by atoms with Gasteiger partial charge in [-0.25, -0.2) is 0 Å². The maximum atomic E-state index is 12.3. The standard InChI is InChI=1S/C16H21N3O2/c20-15-7-6-14(17-15)16(21)19-10-8-18(9-11-19)12-13-4-2-1-3-5-13/h1-5,14H,6-12H2,(H,17,20)/p+1/t14-/m0/s1. The summed E-state index contributed by atoms with van der Waals surface area (Å²) in [5, 5.41) is 2.77. The molecular formula is C16H22N3O2+. The molecule has 0 unspecified atom stereocenters. The molecule has 5 nitrogen and oxygen atoms in total. The molecule has 0 aliphatic carbocycles. The van der Waals surface area contributed by atoms with E-state index in [4.69, 9.17) is 0 Å². The van der Waals surface area contributed by atoms with Crippen LogP contribution in [0.1, 0.15) is 18.4 Å². The van der Waals surface area contributed by atoms with Crippen LogP contribution in [0.2, 0.25) is 0 Å². The fraction of sp³-hybridized carbons (Fsp3) is 0.500. The van der Waals surface area contributed by atoms with Crippen molar-refractivity contribution >= 4 is 11.8 Å². The van der Waals surface area contributed by atoms with Crippen molar-refractivity contribution in [3.63, 3.8) is 0 Å². The summed E-state index contributed by atoms with van der Waals surface area (Å²) in [4.78, 5) is 26.9. The molecule has 2 N–H and O–H groups in total. The quantitative estimate of drug-likeness (QED) is 0.764. The fourth-order valence-corrected chi connectivity index (χ4v) is 3.12. The number of piperazine rings is 1. The van der Waals surface area contributed by atoms with Crippen LogP contribution in [0.4, 0.5) is 0 Å². The van der Waals surface area contributed by atoms with Crippen LogP contribution < -0.4 is 10.2 Å². The third-order valence-corrected chi connectivity index (χ3v) is 4.37. The molecule has 3 rings (SSSR count). The maximum Gasteiger partial charge on any atom is 0.245 e. The molecule has 0 saturated carbocycles. The second-order valence-electron chi connectivity index (χ2n) is 5.90. The molecule has 2 aliphatic heterocycles. The Kier molecular flexibility index (Phi) is 4.20. The molecule has 2 heterocycles. The number of benzene rings is 1. The Labute approximate surface area is 124 Å². The van der Waals surface area contributed by atoms with Crippen molar-refractivity contribution < 1.29 is 14.5 Å². The Hall–Kier alpha value is -1.88. The zero-order valence-corrected chi connectivity index (χ0v) is 12.2. The van der Waals surface area contributed by atoms with E-state index in [0.717, 1.165) is 32.7 Å². The molecule has 0 aromatic heterocycles. The van der Waals surface area contributed by atoms with Crippen molar-refractivity contribution in [3.8, 4) is 0 Å². The van der Waals surface area contributed by atoms with Gasteiger partial charge in [-0.3, -0.25) is 9.59 Å². The summed E-state index contributed by atoms with van der Waals surface area (Å²) >= 11 is 0. The molecule has 2 aliphatic rings. The zero-order chi connectivity index (χ0) is 14.7. The van der Waals surface area contributed by atoms with Gasteiger partial charge in [0.25, 0.3) is 0 Å². The van der Waals surface area contributed by atoms with Crippen molar-refractivity contribution in [2.75, 3.05) is 26.2 Å². The van der Waals surface area contributed by atoms with E-state index in [-0.39, 0.29) is 17.9 Å². The number of carbonyl (C=O) groups excluding carboxylic acids is 2. The lowest BCUT2D eigenvalue weighted by Gasteiger charge is -2.33. The lowest BCUT2D eigenvalue weighted by molar-refractivity contribution is -0.917. The summed E-state index contributed by atoms with van der Waals surface area (Å²) in [5.74, 6) is 0.0984. The third-order valence-electron chi connectivity index (χ3n) is 4.37. The number of nitrogens with zero attached hydrogens (tertiary/aromatic N) is 1. The van der Waals surface area contributed by atoms with E-state index >= 15 is 0 Å². The minimum Gasteiger partial charge on any atom is -0.344 e. The highest BCUT2D eigenvalue weighted by atomic mass is 16.2. The summed E-state index contributed by atoms with van der Waals surface area (Å²) < 4.78 is 0. The second kappa shape index (κ2) is 6.26. The molecule has 5 heteroatoms. The topological polar surface area (TPSA) is 53.9 Å². The molecule has 21 heavy (non-hydrogen) atoms. The van der Waals surface area contributed by atoms with Crippen molar-refractivity contribution in [1.29, 1.82) is 0 Å². The van der Waals surface area contributed by atoms with Gasteiger partial charge in [0, 0.05) is 12.0 Å². The smallest absolute Gasteiger partial charge is 0.245 e. The van der Waals surface area contributed by atoms with Gasteiger partial charge in [0.05, 0.1) is 26.2 Å². The van der Waals surface area contributed by atoms with E-state index in [1.807, 2.05) is 11.0 Å². The zero-order valence-electron chi connectivity index (χ0n) is 12.2. The van der Waals surface area contributed by atoms with Crippen LogP contribution in [0.15, 0.2) is 30.3 Å². The molecule has 0 radical (unpaired) electrons. The van der Waals surface area contributed by atoms with Crippen LogP contribution in [-0.2, 0) is 16.1 Å². The van der Waals surface area contributed by atoms with E-state index < -0.39 is 0 Å². The Morgan fingerprint density at radius 1 is 1.24 bits per heavy atom. The van der Waals surface area contributed by atoms with Gasteiger partial charge in [-0.2, -0.15) is 0 Å². The van der Waals surface area contributed by atoms with E-state index in [9.17, 15) is 9.59 Å². The van der Waals surface area contributed by atoms with Crippen molar-refractivity contribution in [2.45, 2.75) is 25.4 Å². The van der Waals surface area contributed by atoms with Gasteiger partial charge in [0.1, 0.15) is 12.6 Å². The van der Waals surface area contributed by atoms with Gasteiger partial charge < -0.3 is 15.1 Å². The lowest BCUT2D eigenvalue weighted by atomic mass is 10.1. The molecule has 0 bridgehead atoms. The maximum absolute atomic E-state index is 12.3. The Morgan fingerprint density at radius 3 is 2.57 bits per heavy atom. The third kappa shape index (κ3) is 3.42. The molecule has 1 aromatic rings. The van der Waals surface area contributed by atoms with Gasteiger partial charge in [-0.05, 0) is 6.42 Å². The van der Waals surface area contributed by atoms with Gasteiger partial charge in [-0.15, -0.1) is 0 Å². The summed E-state index contributed by atoms with van der Waals surface area (Å²) in [6.07, 6.45) is 1.13. The van der Waals surface area contributed by atoms with Crippen LogP contribution in [-0.4, -0.2) is 48.9 Å². The molecule has 0 spiro atoms. The SMILES string of the molecule is O=C1CC[C@@H](C(=O)N2CC[NH+](Cc3ccccc3)CC2)N1. The lowest BCUT2D eigenvalue weighted by Crippen LogP contribution is -3.13. The molecule has 112 valence electrons. The van der Waals surface area contributed by atoms with Crippen LogP contribution in [0.25, 0.3) is 0 Å². The molecule has 2 amide bonds. The van der Waals surface area contributed by atoms with Crippen molar-refractivity contribution in [1.82, 2.24) is 10.2 Å². The number of quaternary nitrogens is 1. The van der Waals surface area contributed by atoms with E-state index in [0.29, 0.717) is 12.8 Å². The summed E-state index contributed by atoms with van der Waals surface area (Å²) in [6, 6.07) is 10.2. The highest BCUT2D eigenvalue weighted by Crippen LogP contribution is 2.10. The van der Waals surface area contributed by atoms with E-state index in [1.165, 1.54) is 10.5 Å². The molecule has 1 aromatic carbocycles. The highest BCUT2D eigenvalue weighted by molar-refractivity contribution is 5.90. The fourth-order valence-electron chi connectivity index (χ4n) is 3.12. The van der Waals surface area contributed by atoms with Crippen molar-refractivity contribution in [2.24, 2.45) is 0 Å². The highest BCUT2D eigenvalue weighted by Gasteiger charge is 2.33. The largest absolute Gasteiger partial charge is 0.344 e. The molecule has 2 fully saturated rings. The predicted molar refractivity (Wildman–Crippen MR) is 78.6 cm³/mol. The number of nitrogens with one attached hydrogen (secondary N) is 2. The number of rotatable bonds is 3. The van der Waals surface area contributed by atoms with Crippen LogP contribution in [0.5, 0.6) is 0 Å². The van der Waals surface area contributed by atoms with Gasteiger partial charge in [-0.1, -0.05) is 30.3 Å². The monoisotopic (exact) mass is 288 g/mol. The summed E-state index contributed by atoms with van der Waals surface area (Å²) in [7, 11) is 0. The summed E-state index contributed by atoms with van der Waals surface area (Å²) in [5.41, 5.74) is 1.34. The molecule has 2 saturated heterocycles. The molecule has 1 atom stereocenters. The minimum atomic E-state index is -0.284. The van der Waals surface area contributed by atoms with E-state index in [2.05, 4.69) is 29.6 Å². The summed E-state index contributed by atoms with van der Waals surface area (Å²) in [6.45, 7) is 4.53. The number of carbonyl (C=O) groups is 2. The average Bonchev–Trinajstić information content (AvgIpc) is 2.95. The number of hydrogen-bond donors (Lipinski definition) is 2. The first-order chi connectivity index (χ1) is 10.2. The average molecular weight is 288 g/mol. The normalized spacial score (nSPS) is 23.1. The first kappa shape index (κ1) is 14.1. The van der Waals surface area contributed by atoms with Crippen LogP contribution in [0, 0.1) is 0 Å².